The van der Waals surface area contributed by atoms with Crippen molar-refractivity contribution in [2.75, 3.05) is 32.5 Å². The molecule has 1 N–H and O–H groups in total. The Morgan fingerprint density at radius 2 is 2.00 bits per heavy atom. The van der Waals surface area contributed by atoms with Crippen molar-refractivity contribution in [3.8, 4) is 0 Å². The molecule has 6 heteroatoms. The summed E-state index contributed by atoms with van der Waals surface area (Å²) in [4.78, 5) is 14.2. The SMILES string of the molecule is C[C@@H](CNC(=O)N1CCOC2(CCCCCC2)C1)[S@@](C)=O. The number of nitrogens with zero attached hydrogens (tertiary/aromatic N) is 1. The van der Waals surface area contributed by atoms with Crippen LogP contribution in [-0.4, -0.2) is 58.5 Å². The highest BCUT2D eigenvalue weighted by Gasteiger charge is 2.38. The van der Waals surface area contributed by atoms with Crippen molar-refractivity contribution >= 4 is 16.8 Å². The average molecular weight is 316 g/mol. The van der Waals surface area contributed by atoms with Crippen LogP contribution < -0.4 is 5.32 Å². The summed E-state index contributed by atoms with van der Waals surface area (Å²) in [5.41, 5.74) is -0.120. The van der Waals surface area contributed by atoms with Crippen molar-refractivity contribution in [3.05, 3.63) is 0 Å². The molecule has 5 nitrogen and oxygen atoms in total. The number of ether oxygens (including phenoxy) is 1. The molecule has 0 radical (unpaired) electrons. The molecule has 122 valence electrons. The van der Waals surface area contributed by atoms with Crippen LogP contribution >= 0.6 is 0 Å². The first-order valence-corrected chi connectivity index (χ1v) is 9.63. The lowest BCUT2D eigenvalue weighted by Crippen LogP contribution is -2.56. The van der Waals surface area contributed by atoms with Crippen LogP contribution in [0.3, 0.4) is 0 Å². The molecule has 0 aromatic carbocycles. The van der Waals surface area contributed by atoms with E-state index in [0.717, 1.165) is 12.8 Å². The fourth-order valence-electron chi connectivity index (χ4n) is 3.15. The molecule has 1 saturated heterocycles. The summed E-state index contributed by atoms with van der Waals surface area (Å²) < 4.78 is 17.4. The topological polar surface area (TPSA) is 58.6 Å². The van der Waals surface area contributed by atoms with E-state index >= 15 is 0 Å². The summed E-state index contributed by atoms with van der Waals surface area (Å²) in [6.45, 7) is 4.33. The van der Waals surface area contributed by atoms with Crippen LogP contribution in [0, 0.1) is 0 Å². The molecule has 1 saturated carbocycles. The molecular formula is C15H28N2O3S. The van der Waals surface area contributed by atoms with Crippen molar-refractivity contribution in [2.24, 2.45) is 0 Å². The van der Waals surface area contributed by atoms with Gasteiger partial charge in [0.2, 0.25) is 0 Å². The maximum Gasteiger partial charge on any atom is 0.317 e. The highest BCUT2D eigenvalue weighted by atomic mass is 32.2. The van der Waals surface area contributed by atoms with Gasteiger partial charge in [0.1, 0.15) is 0 Å². The monoisotopic (exact) mass is 316 g/mol. The van der Waals surface area contributed by atoms with Crippen LogP contribution in [0.1, 0.15) is 45.4 Å². The zero-order chi connectivity index (χ0) is 15.3. The van der Waals surface area contributed by atoms with E-state index in [9.17, 15) is 9.00 Å². The van der Waals surface area contributed by atoms with Crippen molar-refractivity contribution < 1.29 is 13.7 Å². The molecule has 0 aromatic heterocycles. The summed E-state index contributed by atoms with van der Waals surface area (Å²) in [7, 11) is -0.903. The Morgan fingerprint density at radius 1 is 1.33 bits per heavy atom. The summed E-state index contributed by atoms with van der Waals surface area (Å²) >= 11 is 0. The first-order chi connectivity index (χ1) is 10.0. The van der Waals surface area contributed by atoms with E-state index in [1.165, 1.54) is 25.7 Å². The van der Waals surface area contributed by atoms with Gasteiger partial charge in [-0.15, -0.1) is 0 Å². The van der Waals surface area contributed by atoms with Crippen LogP contribution in [0.15, 0.2) is 0 Å². The normalized spacial score (nSPS) is 25.1. The zero-order valence-electron chi connectivity index (χ0n) is 13.2. The molecule has 2 fully saturated rings. The van der Waals surface area contributed by atoms with E-state index in [2.05, 4.69) is 5.32 Å². The molecule has 1 spiro atoms. The highest BCUT2D eigenvalue weighted by molar-refractivity contribution is 7.84. The third-order valence-electron chi connectivity index (χ3n) is 4.66. The molecule has 1 aliphatic heterocycles. The fraction of sp³-hybridized carbons (Fsp3) is 0.933. The van der Waals surface area contributed by atoms with Gasteiger partial charge in [-0.3, -0.25) is 4.21 Å². The molecule has 1 aliphatic carbocycles. The van der Waals surface area contributed by atoms with Gasteiger partial charge in [0, 0.05) is 35.4 Å². The molecule has 2 rings (SSSR count). The lowest BCUT2D eigenvalue weighted by Gasteiger charge is -2.42. The quantitative estimate of drug-likeness (QED) is 0.865. The maximum atomic E-state index is 12.3. The van der Waals surface area contributed by atoms with Gasteiger partial charge in [-0.25, -0.2) is 4.79 Å². The Hall–Kier alpha value is -0.620. The van der Waals surface area contributed by atoms with Gasteiger partial charge >= 0.3 is 6.03 Å². The lowest BCUT2D eigenvalue weighted by atomic mass is 9.92. The van der Waals surface area contributed by atoms with E-state index in [1.54, 1.807) is 6.26 Å². The van der Waals surface area contributed by atoms with Crippen molar-refractivity contribution in [3.63, 3.8) is 0 Å². The van der Waals surface area contributed by atoms with Crippen molar-refractivity contribution in [2.45, 2.75) is 56.3 Å². The summed E-state index contributed by atoms with van der Waals surface area (Å²) in [5, 5.41) is 2.90. The predicted octanol–water partition coefficient (Wildman–Crippen LogP) is 1.89. The fourth-order valence-corrected chi connectivity index (χ4v) is 3.47. The average Bonchev–Trinajstić information content (AvgIpc) is 2.70. The Labute approximate surface area is 130 Å². The number of carbonyl (C=O) groups excluding carboxylic acids is 1. The minimum atomic E-state index is -0.903. The summed E-state index contributed by atoms with van der Waals surface area (Å²) in [6, 6.07) is -0.0424. The molecule has 2 atom stereocenters. The van der Waals surface area contributed by atoms with E-state index in [0.29, 0.717) is 26.2 Å². The Kier molecular flexibility index (Phi) is 6.05. The van der Waals surface area contributed by atoms with Gasteiger partial charge in [0.15, 0.2) is 0 Å². The summed E-state index contributed by atoms with van der Waals surface area (Å²) in [6.07, 6.45) is 8.74. The Balaban J connectivity index is 1.87. The number of amides is 2. The van der Waals surface area contributed by atoms with Gasteiger partial charge in [0.05, 0.1) is 18.8 Å². The van der Waals surface area contributed by atoms with Crippen LogP contribution in [0.25, 0.3) is 0 Å². The third kappa shape index (κ3) is 4.68. The molecular weight excluding hydrogens is 288 g/mol. The molecule has 21 heavy (non-hydrogen) atoms. The van der Waals surface area contributed by atoms with Gasteiger partial charge in [0.25, 0.3) is 0 Å². The molecule has 1 heterocycles. The van der Waals surface area contributed by atoms with Crippen LogP contribution in [0.5, 0.6) is 0 Å². The minimum Gasteiger partial charge on any atom is -0.371 e. The van der Waals surface area contributed by atoms with E-state index < -0.39 is 10.8 Å². The maximum absolute atomic E-state index is 12.3. The van der Waals surface area contributed by atoms with Gasteiger partial charge in [-0.2, -0.15) is 0 Å². The minimum absolute atomic E-state index is 0.0122. The largest absolute Gasteiger partial charge is 0.371 e. The van der Waals surface area contributed by atoms with E-state index in [1.807, 2.05) is 11.8 Å². The second kappa shape index (κ2) is 7.58. The van der Waals surface area contributed by atoms with E-state index in [-0.39, 0.29) is 16.9 Å². The molecule has 0 unspecified atom stereocenters. The highest BCUT2D eigenvalue weighted by Crippen LogP contribution is 2.33. The van der Waals surface area contributed by atoms with Gasteiger partial charge < -0.3 is 15.0 Å². The molecule has 0 bridgehead atoms. The van der Waals surface area contributed by atoms with Crippen molar-refractivity contribution in [1.82, 2.24) is 10.2 Å². The zero-order valence-corrected chi connectivity index (χ0v) is 14.0. The molecule has 2 amide bonds. The first kappa shape index (κ1) is 16.7. The van der Waals surface area contributed by atoms with E-state index in [4.69, 9.17) is 4.74 Å². The number of nitrogens with one attached hydrogen (secondary N) is 1. The second-order valence-corrected chi connectivity index (χ2v) is 8.16. The summed E-state index contributed by atoms with van der Waals surface area (Å²) in [5.74, 6) is 0. The first-order valence-electron chi connectivity index (χ1n) is 8.01. The standard InChI is InChI=1S/C15H28N2O3S/c1-13(21(2)19)11-16-14(18)17-9-10-20-15(12-17)7-5-3-4-6-8-15/h13H,3-12H2,1-2H3,(H,16,18)/t13-,21+/m0/s1. The molecule has 0 aromatic rings. The lowest BCUT2D eigenvalue weighted by molar-refractivity contribution is -0.105. The molecule has 2 aliphatic rings. The number of hydrogen-bond acceptors (Lipinski definition) is 3. The number of morpholine rings is 1. The van der Waals surface area contributed by atoms with Crippen LogP contribution in [0.2, 0.25) is 0 Å². The van der Waals surface area contributed by atoms with Gasteiger partial charge in [-0.1, -0.05) is 25.7 Å². The van der Waals surface area contributed by atoms with Crippen LogP contribution in [-0.2, 0) is 15.5 Å². The number of carbonyl (C=O) groups is 1. The van der Waals surface area contributed by atoms with Crippen molar-refractivity contribution in [1.29, 1.82) is 0 Å². The number of hydrogen-bond donors (Lipinski definition) is 1. The number of urea groups is 1. The smallest absolute Gasteiger partial charge is 0.317 e. The number of rotatable bonds is 3. The van der Waals surface area contributed by atoms with Crippen LogP contribution in [0.4, 0.5) is 4.79 Å². The second-order valence-electron chi connectivity index (χ2n) is 6.36. The Bertz CT molecular complexity index is 381. The van der Waals surface area contributed by atoms with Gasteiger partial charge in [-0.05, 0) is 19.8 Å². The third-order valence-corrected chi connectivity index (χ3v) is 5.96. The predicted molar refractivity (Wildman–Crippen MR) is 84.9 cm³/mol. The Morgan fingerprint density at radius 3 is 2.62 bits per heavy atom.